The van der Waals surface area contributed by atoms with Crippen LogP contribution < -0.4 is 16.0 Å². The number of hydrogen-bond donors (Lipinski definition) is 2. The van der Waals surface area contributed by atoms with Crippen molar-refractivity contribution in [3.63, 3.8) is 0 Å². The highest BCUT2D eigenvalue weighted by molar-refractivity contribution is 7.99. The standard InChI is InChI=1S/C18H28N4S/c19-18(21-16-4-2-1-3-5-16)20-14-15-6-8-17(9-7-15)22-10-12-23-13-11-22/h6-9,16H,1-5,10-14H2,(H3,19,20,21). The van der Waals surface area contributed by atoms with E-state index in [-0.39, 0.29) is 0 Å². The van der Waals surface area contributed by atoms with E-state index in [1.54, 1.807) is 0 Å². The molecule has 126 valence electrons. The van der Waals surface area contributed by atoms with Gasteiger partial charge in [0.15, 0.2) is 5.96 Å². The van der Waals surface area contributed by atoms with Gasteiger partial charge in [0.1, 0.15) is 0 Å². The molecular formula is C18H28N4S. The van der Waals surface area contributed by atoms with E-state index in [9.17, 15) is 0 Å². The molecule has 0 radical (unpaired) electrons. The third-order valence-electron chi connectivity index (χ3n) is 4.70. The van der Waals surface area contributed by atoms with Gasteiger partial charge in [-0.1, -0.05) is 31.4 Å². The van der Waals surface area contributed by atoms with Crippen molar-refractivity contribution in [3.05, 3.63) is 29.8 Å². The molecule has 1 aromatic carbocycles. The molecule has 0 aromatic heterocycles. The maximum Gasteiger partial charge on any atom is 0.189 e. The Kier molecular flexibility index (Phi) is 6.08. The quantitative estimate of drug-likeness (QED) is 0.657. The molecule has 1 aromatic rings. The lowest BCUT2D eigenvalue weighted by Gasteiger charge is -2.28. The highest BCUT2D eigenvalue weighted by atomic mass is 32.2. The van der Waals surface area contributed by atoms with Gasteiger partial charge < -0.3 is 16.0 Å². The molecule has 1 saturated carbocycles. The van der Waals surface area contributed by atoms with Crippen molar-refractivity contribution in [2.24, 2.45) is 10.7 Å². The molecule has 4 nitrogen and oxygen atoms in total. The lowest BCUT2D eigenvalue weighted by Crippen LogP contribution is -2.41. The minimum atomic E-state index is 0.520. The highest BCUT2D eigenvalue weighted by Crippen LogP contribution is 2.20. The average Bonchev–Trinajstić information content (AvgIpc) is 2.62. The zero-order chi connectivity index (χ0) is 15.9. The van der Waals surface area contributed by atoms with Gasteiger partial charge in [0.25, 0.3) is 0 Å². The number of nitrogens with two attached hydrogens (primary N) is 1. The molecule has 2 aliphatic rings. The number of benzene rings is 1. The summed E-state index contributed by atoms with van der Waals surface area (Å²) < 4.78 is 0. The van der Waals surface area contributed by atoms with Crippen LogP contribution in [0.15, 0.2) is 29.3 Å². The summed E-state index contributed by atoms with van der Waals surface area (Å²) in [5.74, 6) is 3.05. The van der Waals surface area contributed by atoms with Crippen LogP contribution in [0.2, 0.25) is 0 Å². The van der Waals surface area contributed by atoms with Crippen molar-refractivity contribution in [2.45, 2.75) is 44.7 Å². The Morgan fingerprint density at radius 2 is 1.83 bits per heavy atom. The minimum absolute atomic E-state index is 0.520. The molecule has 2 fully saturated rings. The van der Waals surface area contributed by atoms with E-state index in [0.29, 0.717) is 18.5 Å². The zero-order valence-corrected chi connectivity index (χ0v) is 14.7. The van der Waals surface area contributed by atoms with Gasteiger partial charge in [0.05, 0.1) is 6.54 Å². The maximum atomic E-state index is 6.03. The Hall–Kier alpha value is -1.36. The average molecular weight is 333 g/mol. The third-order valence-corrected chi connectivity index (χ3v) is 5.64. The first-order chi connectivity index (χ1) is 11.3. The number of guanidine groups is 1. The van der Waals surface area contributed by atoms with Crippen LogP contribution >= 0.6 is 11.8 Å². The van der Waals surface area contributed by atoms with Crippen LogP contribution in [0.1, 0.15) is 37.7 Å². The molecule has 0 unspecified atom stereocenters. The van der Waals surface area contributed by atoms with E-state index in [1.807, 2.05) is 11.8 Å². The highest BCUT2D eigenvalue weighted by Gasteiger charge is 2.13. The normalized spacial score (nSPS) is 20.5. The number of thioether (sulfide) groups is 1. The SMILES string of the molecule is NC(=NCc1ccc(N2CCSCC2)cc1)NC1CCCCC1. The van der Waals surface area contributed by atoms with Gasteiger partial charge in [-0.05, 0) is 30.5 Å². The van der Waals surface area contributed by atoms with Gasteiger partial charge in [-0.15, -0.1) is 0 Å². The molecule has 1 saturated heterocycles. The van der Waals surface area contributed by atoms with Gasteiger partial charge in [-0.3, -0.25) is 0 Å². The Balaban J connectivity index is 1.50. The number of rotatable bonds is 4. The summed E-state index contributed by atoms with van der Waals surface area (Å²) in [5, 5.41) is 3.37. The number of nitrogens with one attached hydrogen (secondary N) is 1. The Labute approximate surface area is 143 Å². The summed E-state index contributed by atoms with van der Waals surface area (Å²) in [7, 11) is 0. The van der Waals surface area contributed by atoms with Crippen molar-refractivity contribution in [1.82, 2.24) is 5.32 Å². The smallest absolute Gasteiger partial charge is 0.189 e. The predicted molar refractivity (Wildman–Crippen MR) is 101 cm³/mol. The molecule has 0 amide bonds. The third kappa shape index (κ3) is 5.06. The number of aliphatic imine (C=N–C) groups is 1. The summed E-state index contributed by atoms with van der Waals surface area (Å²) in [5.41, 5.74) is 8.57. The van der Waals surface area contributed by atoms with Crippen molar-refractivity contribution < 1.29 is 0 Å². The van der Waals surface area contributed by atoms with Crippen LogP contribution in [0.25, 0.3) is 0 Å². The zero-order valence-electron chi connectivity index (χ0n) is 13.8. The van der Waals surface area contributed by atoms with E-state index in [4.69, 9.17) is 5.73 Å². The van der Waals surface area contributed by atoms with Crippen molar-refractivity contribution >= 4 is 23.4 Å². The molecule has 5 heteroatoms. The van der Waals surface area contributed by atoms with Crippen LogP contribution in [-0.4, -0.2) is 36.6 Å². The Morgan fingerprint density at radius 3 is 2.52 bits per heavy atom. The van der Waals surface area contributed by atoms with Gasteiger partial charge in [-0.25, -0.2) is 4.99 Å². The van der Waals surface area contributed by atoms with E-state index in [0.717, 1.165) is 13.1 Å². The molecule has 3 N–H and O–H groups in total. The first-order valence-corrected chi connectivity index (χ1v) is 9.95. The molecule has 1 aliphatic heterocycles. The van der Waals surface area contributed by atoms with E-state index in [1.165, 1.54) is 54.9 Å². The van der Waals surface area contributed by atoms with Crippen molar-refractivity contribution in [1.29, 1.82) is 0 Å². The Morgan fingerprint density at radius 1 is 1.13 bits per heavy atom. The van der Waals surface area contributed by atoms with Crippen LogP contribution in [-0.2, 0) is 6.54 Å². The van der Waals surface area contributed by atoms with Crippen LogP contribution in [0, 0.1) is 0 Å². The van der Waals surface area contributed by atoms with Gasteiger partial charge >= 0.3 is 0 Å². The molecule has 1 heterocycles. The second kappa shape index (κ2) is 8.48. The summed E-state index contributed by atoms with van der Waals surface area (Å²) in [6, 6.07) is 9.30. The fourth-order valence-electron chi connectivity index (χ4n) is 3.31. The molecule has 23 heavy (non-hydrogen) atoms. The summed E-state index contributed by atoms with van der Waals surface area (Å²) in [4.78, 5) is 6.96. The first-order valence-electron chi connectivity index (χ1n) is 8.79. The van der Waals surface area contributed by atoms with Crippen LogP contribution in [0.5, 0.6) is 0 Å². The summed E-state index contributed by atoms with van der Waals surface area (Å²) in [6.45, 7) is 2.96. The number of anilines is 1. The van der Waals surface area contributed by atoms with Gasteiger partial charge in [0, 0.05) is 36.3 Å². The molecule has 1 aliphatic carbocycles. The maximum absolute atomic E-state index is 6.03. The molecule has 0 bridgehead atoms. The largest absolute Gasteiger partial charge is 0.370 e. The van der Waals surface area contributed by atoms with Gasteiger partial charge in [-0.2, -0.15) is 11.8 Å². The lowest BCUT2D eigenvalue weighted by molar-refractivity contribution is 0.412. The second-order valence-electron chi connectivity index (χ2n) is 6.45. The fourth-order valence-corrected chi connectivity index (χ4v) is 4.21. The van der Waals surface area contributed by atoms with E-state index >= 15 is 0 Å². The van der Waals surface area contributed by atoms with Gasteiger partial charge in [0.2, 0.25) is 0 Å². The molecular weight excluding hydrogens is 304 g/mol. The molecule has 3 rings (SSSR count). The molecule has 0 atom stereocenters. The minimum Gasteiger partial charge on any atom is -0.370 e. The number of hydrogen-bond acceptors (Lipinski definition) is 3. The van der Waals surface area contributed by atoms with E-state index in [2.05, 4.69) is 39.5 Å². The van der Waals surface area contributed by atoms with Crippen LogP contribution in [0.4, 0.5) is 5.69 Å². The monoisotopic (exact) mass is 332 g/mol. The Bertz CT molecular complexity index is 502. The van der Waals surface area contributed by atoms with Crippen molar-refractivity contribution in [3.8, 4) is 0 Å². The lowest BCUT2D eigenvalue weighted by atomic mass is 9.96. The summed E-state index contributed by atoms with van der Waals surface area (Å²) >= 11 is 2.04. The fraction of sp³-hybridized carbons (Fsp3) is 0.611. The first kappa shape index (κ1) is 16.5. The number of nitrogens with zero attached hydrogens (tertiary/aromatic N) is 2. The van der Waals surface area contributed by atoms with Crippen molar-refractivity contribution in [2.75, 3.05) is 29.5 Å². The van der Waals surface area contributed by atoms with E-state index < -0.39 is 0 Å². The molecule has 0 spiro atoms. The topological polar surface area (TPSA) is 53.6 Å². The van der Waals surface area contributed by atoms with Crippen LogP contribution in [0.3, 0.4) is 0 Å². The summed E-state index contributed by atoms with van der Waals surface area (Å²) in [6.07, 6.45) is 6.41. The predicted octanol–water partition coefficient (Wildman–Crippen LogP) is 2.98. The second-order valence-corrected chi connectivity index (χ2v) is 7.67.